The first-order valence-corrected chi connectivity index (χ1v) is 9.55. The molecule has 1 aliphatic rings. The molecule has 0 atom stereocenters. The Morgan fingerprint density at radius 2 is 1.96 bits per heavy atom. The summed E-state index contributed by atoms with van der Waals surface area (Å²) in [6, 6.07) is 8.54. The number of amides is 1. The molecule has 0 unspecified atom stereocenters. The summed E-state index contributed by atoms with van der Waals surface area (Å²) in [5.41, 5.74) is 1.27. The van der Waals surface area contributed by atoms with E-state index in [1.165, 1.54) is 12.0 Å². The lowest BCUT2D eigenvalue weighted by atomic mass is 9.64. The van der Waals surface area contributed by atoms with Crippen LogP contribution in [0.25, 0.3) is 0 Å². The van der Waals surface area contributed by atoms with Crippen LogP contribution in [0.5, 0.6) is 0 Å². The molecule has 7 heteroatoms. The number of carbonyl (C=O) groups excluding carboxylic acids is 1. The third kappa shape index (κ3) is 6.72. The minimum Gasteiger partial charge on any atom is -0.356 e. The highest BCUT2D eigenvalue weighted by Gasteiger charge is 2.38. The maximum absolute atomic E-state index is 11.9. The number of rotatable bonds is 5. The standard InChI is InChI=1S/C19H29BrN4O.HI/c1-18(2,3)24-16(25)12-22-17(21-4)23-13-19(9-6-10-19)14-7-5-8-15(20)11-14;/h5,7-8,11H,6,9-10,12-13H2,1-4H3,(H,24,25)(H2,21,22,23);1H. The third-order valence-corrected chi connectivity index (χ3v) is 4.99. The van der Waals surface area contributed by atoms with Crippen LogP contribution in [0.2, 0.25) is 0 Å². The second-order valence-electron chi connectivity index (χ2n) is 7.72. The van der Waals surface area contributed by atoms with Crippen molar-refractivity contribution in [3.8, 4) is 0 Å². The van der Waals surface area contributed by atoms with E-state index in [2.05, 4.69) is 61.1 Å². The van der Waals surface area contributed by atoms with Gasteiger partial charge in [0.05, 0.1) is 6.54 Å². The van der Waals surface area contributed by atoms with Gasteiger partial charge in [0.25, 0.3) is 0 Å². The van der Waals surface area contributed by atoms with E-state index in [0.29, 0.717) is 5.96 Å². The van der Waals surface area contributed by atoms with Crippen molar-refractivity contribution in [1.82, 2.24) is 16.0 Å². The third-order valence-electron chi connectivity index (χ3n) is 4.50. The summed E-state index contributed by atoms with van der Waals surface area (Å²) in [4.78, 5) is 16.2. The highest BCUT2D eigenvalue weighted by molar-refractivity contribution is 14.0. The Labute approximate surface area is 182 Å². The molecule has 26 heavy (non-hydrogen) atoms. The molecule has 1 amide bonds. The van der Waals surface area contributed by atoms with Crippen molar-refractivity contribution in [2.45, 2.75) is 51.0 Å². The average Bonchev–Trinajstić information content (AvgIpc) is 2.47. The first-order chi connectivity index (χ1) is 11.7. The van der Waals surface area contributed by atoms with Crippen molar-refractivity contribution >= 4 is 51.8 Å². The van der Waals surface area contributed by atoms with Crippen LogP contribution in [0, 0.1) is 0 Å². The Balaban J connectivity index is 0.00000338. The van der Waals surface area contributed by atoms with Gasteiger partial charge in [-0.05, 0) is 51.3 Å². The van der Waals surface area contributed by atoms with Crippen LogP contribution in [-0.4, -0.2) is 37.5 Å². The Morgan fingerprint density at radius 1 is 1.27 bits per heavy atom. The Kier molecular flexibility index (Phi) is 8.85. The smallest absolute Gasteiger partial charge is 0.239 e. The Hall–Kier alpha value is -0.830. The second kappa shape index (κ2) is 9.92. The van der Waals surface area contributed by atoms with Crippen molar-refractivity contribution in [3.05, 3.63) is 34.3 Å². The molecule has 5 nitrogen and oxygen atoms in total. The number of guanidine groups is 1. The fraction of sp³-hybridized carbons (Fsp3) is 0.579. The molecule has 0 radical (unpaired) electrons. The number of hydrogen-bond donors (Lipinski definition) is 3. The molecule has 0 heterocycles. The fourth-order valence-corrected chi connectivity index (χ4v) is 3.49. The van der Waals surface area contributed by atoms with Gasteiger partial charge in [0, 0.05) is 29.0 Å². The van der Waals surface area contributed by atoms with Crippen molar-refractivity contribution in [2.75, 3.05) is 20.1 Å². The molecule has 0 aromatic heterocycles. The van der Waals surface area contributed by atoms with Gasteiger partial charge in [-0.15, -0.1) is 24.0 Å². The zero-order chi connectivity index (χ0) is 18.5. The summed E-state index contributed by atoms with van der Waals surface area (Å²) in [5.74, 6) is 0.617. The lowest BCUT2D eigenvalue weighted by Gasteiger charge is -2.43. The van der Waals surface area contributed by atoms with E-state index in [9.17, 15) is 4.79 Å². The van der Waals surface area contributed by atoms with Gasteiger partial charge >= 0.3 is 0 Å². The van der Waals surface area contributed by atoms with Crippen LogP contribution in [0.1, 0.15) is 45.6 Å². The minimum atomic E-state index is -0.230. The van der Waals surface area contributed by atoms with Crippen molar-refractivity contribution in [3.63, 3.8) is 0 Å². The van der Waals surface area contributed by atoms with Crippen LogP contribution in [0.15, 0.2) is 33.7 Å². The number of aliphatic imine (C=N–C) groups is 1. The SMILES string of the molecule is CN=C(NCC(=O)NC(C)(C)C)NCC1(c2cccc(Br)c2)CCC1.I. The zero-order valence-electron chi connectivity index (χ0n) is 16.0. The molecule has 1 aromatic rings. The van der Waals surface area contributed by atoms with Crippen LogP contribution < -0.4 is 16.0 Å². The number of nitrogens with zero attached hydrogens (tertiary/aromatic N) is 1. The monoisotopic (exact) mass is 536 g/mol. The van der Waals surface area contributed by atoms with Gasteiger partial charge in [0.1, 0.15) is 0 Å². The molecule has 0 saturated heterocycles. The molecular formula is C19H30BrIN4O. The number of benzene rings is 1. The summed E-state index contributed by atoms with van der Waals surface area (Å²) < 4.78 is 1.11. The average molecular weight is 537 g/mol. The number of hydrogen-bond acceptors (Lipinski definition) is 2. The van der Waals surface area contributed by atoms with Crippen molar-refractivity contribution < 1.29 is 4.79 Å². The van der Waals surface area contributed by atoms with E-state index in [4.69, 9.17) is 0 Å². The number of nitrogens with one attached hydrogen (secondary N) is 3. The first-order valence-electron chi connectivity index (χ1n) is 8.76. The summed E-state index contributed by atoms with van der Waals surface area (Å²) in [7, 11) is 1.73. The van der Waals surface area contributed by atoms with E-state index in [1.807, 2.05) is 20.8 Å². The lowest BCUT2D eigenvalue weighted by Crippen LogP contribution is -2.51. The van der Waals surface area contributed by atoms with Gasteiger partial charge in [-0.3, -0.25) is 9.79 Å². The first kappa shape index (κ1) is 23.2. The fourth-order valence-electron chi connectivity index (χ4n) is 3.09. The molecule has 1 saturated carbocycles. The molecule has 146 valence electrons. The van der Waals surface area contributed by atoms with Crippen LogP contribution in [-0.2, 0) is 10.2 Å². The molecular weight excluding hydrogens is 507 g/mol. The van der Waals surface area contributed by atoms with E-state index in [0.717, 1.165) is 23.9 Å². The molecule has 1 aliphatic carbocycles. The Morgan fingerprint density at radius 3 is 2.46 bits per heavy atom. The van der Waals surface area contributed by atoms with Gasteiger partial charge in [0.15, 0.2) is 5.96 Å². The molecule has 2 rings (SSSR count). The maximum Gasteiger partial charge on any atom is 0.239 e. The van der Waals surface area contributed by atoms with Gasteiger partial charge in [-0.25, -0.2) is 0 Å². The highest BCUT2D eigenvalue weighted by Crippen LogP contribution is 2.43. The van der Waals surface area contributed by atoms with Gasteiger partial charge < -0.3 is 16.0 Å². The molecule has 3 N–H and O–H groups in total. The normalized spacial score (nSPS) is 16.1. The predicted molar refractivity (Wildman–Crippen MR) is 122 cm³/mol. The Bertz CT molecular complexity index is 639. The molecule has 1 aromatic carbocycles. The summed E-state index contributed by atoms with van der Waals surface area (Å²) >= 11 is 3.57. The minimum absolute atomic E-state index is 0. The molecule has 0 aliphatic heterocycles. The van der Waals surface area contributed by atoms with Gasteiger partial charge in [-0.2, -0.15) is 0 Å². The highest BCUT2D eigenvalue weighted by atomic mass is 127. The van der Waals surface area contributed by atoms with E-state index >= 15 is 0 Å². The van der Waals surface area contributed by atoms with Crippen LogP contribution in [0.3, 0.4) is 0 Å². The van der Waals surface area contributed by atoms with E-state index in [1.54, 1.807) is 7.05 Å². The number of carbonyl (C=O) groups is 1. The van der Waals surface area contributed by atoms with Gasteiger partial charge in [0.2, 0.25) is 5.91 Å². The molecule has 0 bridgehead atoms. The largest absolute Gasteiger partial charge is 0.356 e. The maximum atomic E-state index is 11.9. The predicted octanol–water partition coefficient (Wildman–Crippen LogP) is 3.57. The summed E-state index contributed by atoms with van der Waals surface area (Å²) in [6.07, 6.45) is 3.57. The van der Waals surface area contributed by atoms with Crippen LogP contribution in [0.4, 0.5) is 0 Å². The lowest BCUT2D eigenvalue weighted by molar-refractivity contribution is -0.121. The van der Waals surface area contributed by atoms with Gasteiger partial charge in [-0.1, -0.05) is 34.5 Å². The molecule has 1 fully saturated rings. The molecule has 0 spiro atoms. The zero-order valence-corrected chi connectivity index (χ0v) is 19.9. The van der Waals surface area contributed by atoms with Crippen molar-refractivity contribution in [1.29, 1.82) is 0 Å². The topological polar surface area (TPSA) is 65.5 Å². The van der Waals surface area contributed by atoms with E-state index in [-0.39, 0.29) is 47.4 Å². The van der Waals surface area contributed by atoms with E-state index < -0.39 is 0 Å². The van der Waals surface area contributed by atoms with Crippen LogP contribution >= 0.6 is 39.9 Å². The second-order valence-corrected chi connectivity index (χ2v) is 8.64. The van der Waals surface area contributed by atoms with Crippen molar-refractivity contribution in [2.24, 2.45) is 4.99 Å². The summed E-state index contributed by atoms with van der Waals surface area (Å²) in [5, 5.41) is 9.42. The summed E-state index contributed by atoms with van der Waals surface area (Å²) in [6.45, 7) is 6.92. The quantitative estimate of drug-likeness (QED) is 0.306. The number of halogens is 2.